The maximum atomic E-state index is 15.2. The number of aryl methyl sites for hydroxylation is 1. The fraction of sp³-hybridized carbons (Fsp3) is 0.442. The zero-order chi connectivity index (χ0) is 39.2. The van der Waals surface area contributed by atoms with Crippen LogP contribution in [-0.4, -0.2) is 91.7 Å². The van der Waals surface area contributed by atoms with Gasteiger partial charge < -0.3 is 29.7 Å². The van der Waals surface area contributed by atoms with Crippen LogP contribution in [0.2, 0.25) is 18.6 Å². The van der Waals surface area contributed by atoms with Crippen LogP contribution in [0.4, 0.5) is 17.1 Å². The first kappa shape index (κ1) is 38.1. The van der Waals surface area contributed by atoms with E-state index in [2.05, 4.69) is 77.5 Å². The standard InChI is InChI=1S/C43H53N7O5Si/c1-6-24-48-37-17-12-33(49-29-50(32-10-8-7-9-11-32)42(40(49)52)20-22-44-23-21-42)27-36(37)43(41(48)53)30(2)39(56(4,5)35-15-13-34(54-3)14-16-35)38(55-43)18-25-47-28-31(19-26-51)45-46-47/h6-17,27-28,30,38-39,44,51H,1,18-26,29H2,2-5H3/t30-,38+,39-,43+/m0/s1. The van der Waals surface area contributed by atoms with E-state index in [4.69, 9.17) is 9.47 Å². The highest BCUT2D eigenvalue weighted by Crippen LogP contribution is 2.60. The molecule has 0 radical (unpaired) electrons. The summed E-state index contributed by atoms with van der Waals surface area (Å²) in [6, 6.07) is 24.6. The summed E-state index contributed by atoms with van der Waals surface area (Å²) in [7, 11) is -0.715. The van der Waals surface area contributed by atoms with Crippen LogP contribution >= 0.6 is 0 Å². The Morgan fingerprint density at radius 1 is 1.04 bits per heavy atom. The molecule has 2 N–H and O–H groups in total. The van der Waals surface area contributed by atoms with Gasteiger partial charge in [-0.25, -0.2) is 0 Å². The number of aliphatic hydroxyl groups is 1. The number of rotatable bonds is 12. The molecule has 0 bridgehead atoms. The largest absolute Gasteiger partial charge is 0.497 e. The minimum Gasteiger partial charge on any atom is -0.497 e. The van der Waals surface area contributed by atoms with Crippen molar-refractivity contribution in [1.82, 2.24) is 20.3 Å². The summed E-state index contributed by atoms with van der Waals surface area (Å²) in [6.07, 6.45) is 5.81. The van der Waals surface area contributed by atoms with Gasteiger partial charge in [-0.05, 0) is 80.4 Å². The maximum absolute atomic E-state index is 15.2. The van der Waals surface area contributed by atoms with Crippen LogP contribution in [0, 0.1) is 5.92 Å². The van der Waals surface area contributed by atoms with Crippen molar-refractivity contribution in [2.75, 3.05) is 54.7 Å². The SMILES string of the molecule is C=CCN1C(=O)[C@]2(O[C@H](CCn3cc(CCO)nn3)[C@@H]([Si](C)(C)c3ccc(OC)cc3)[C@@H]2C)c2cc(N3CN(c4ccccc4)C4(CCNCC4)C3=O)ccc21. The van der Waals surface area contributed by atoms with E-state index in [-0.39, 0.29) is 36.0 Å². The molecule has 0 aliphatic carbocycles. The fourth-order valence-electron chi connectivity index (χ4n) is 10.2. The normalized spacial score (nSPS) is 24.4. The monoisotopic (exact) mass is 775 g/mol. The first-order valence-electron chi connectivity index (χ1n) is 19.8. The summed E-state index contributed by atoms with van der Waals surface area (Å²) >= 11 is 0. The third-order valence-corrected chi connectivity index (χ3v) is 17.3. The molecule has 13 heteroatoms. The van der Waals surface area contributed by atoms with Crippen LogP contribution in [-0.2, 0) is 32.9 Å². The summed E-state index contributed by atoms with van der Waals surface area (Å²) in [6.45, 7) is 13.8. The van der Waals surface area contributed by atoms with Crippen molar-refractivity contribution < 1.29 is 24.2 Å². The second-order valence-corrected chi connectivity index (χ2v) is 20.9. The molecule has 5 heterocycles. The first-order chi connectivity index (χ1) is 27.1. The molecule has 2 spiro atoms. The molecule has 12 nitrogen and oxygen atoms in total. The van der Waals surface area contributed by atoms with Crippen molar-refractivity contribution in [3.05, 3.63) is 103 Å². The van der Waals surface area contributed by atoms with Gasteiger partial charge in [0.25, 0.3) is 11.8 Å². The number of methoxy groups -OCH3 is 1. The smallest absolute Gasteiger partial charge is 0.264 e. The number of hydrogen-bond acceptors (Lipinski definition) is 9. The molecule has 8 rings (SSSR count). The fourth-order valence-corrected chi connectivity index (χ4v) is 14.2. The average molecular weight is 776 g/mol. The second kappa shape index (κ2) is 14.9. The molecular formula is C43H53N7O5Si. The van der Waals surface area contributed by atoms with Crippen LogP contribution in [0.1, 0.15) is 37.4 Å². The number of aromatic nitrogens is 3. The molecule has 0 saturated carbocycles. The number of hydrogen-bond donors (Lipinski definition) is 2. The number of para-hydroxylation sites is 1. The van der Waals surface area contributed by atoms with Gasteiger partial charge in [-0.2, -0.15) is 0 Å². The van der Waals surface area contributed by atoms with Crippen LogP contribution in [0.3, 0.4) is 0 Å². The highest BCUT2D eigenvalue weighted by Gasteiger charge is 2.66. The molecule has 4 aromatic rings. The molecule has 4 atom stereocenters. The van der Waals surface area contributed by atoms with E-state index in [1.54, 1.807) is 18.1 Å². The topological polar surface area (TPSA) is 125 Å². The van der Waals surface area contributed by atoms with Gasteiger partial charge in [0.15, 0.2) is 5.60 Å². The van der Waals surface area contributed by atoms with Crippen LogP contribution < -0.4 is 29.9 Å². The minimum atomic E-state index is -2.39. The number of ether oxygens (including phenoxy) is 2. The Morgan fingerprint density at radius 2 is 1.79 bits per heavy atom. The van der Waals surface area contributed by atoms with Crippen molar-refractivity contribution in [3.8, 4) is 5.75 Å². The van der Waals surface area contributed by atoms with Gasteiger partial charge in [-0.3, -0.25) is 19.2 Å². The summed E-state index contributed by atoms with van der Waals surface area (Å²) in [5.74, 6) is 0.581. The predicted molar refractivity (Wildman–Crippen MR) is 220 cm³/mol. The van der Waals surface area contributed by atoms with E-state index in [9.17, 15) is 9.90 Å². The van der Waals surface area contributed by atoms with Gasteiger partial charge in [-0.1, -0.05) is 66.8 Å². The maximum Gasteiger partial charge on any atom is 0.264 e. The Kier molecular flexibility index (Phi) is 10.1. The second-order valence-electron chi connectivity index (χ2n) is 16.2. The molecule has 4 aliphatic rings. The number of carbonyl (C=O) groups excluding carboxylic acids is 2. The summed E-state index contributed by atoms with van der Waals surface area (Å²) < 4.78 is 14.7. The zero-order valence-electron chi connectivity index (χ0n) is 32.9. The van der Waals surface area contributed by atoms with Gasteiger partial charge in [0.2, 0.25) is 0 Å². The number of amides is 2. The van der Waals surface area contributed by atoms with Crippen molar-refractivity contribution in [2.24, 2.45) is 5.92 Å². The highest BCUT2D eigenvalue weighted by atomic mass is 28.3. The van der Waals surface area contributed by atoms with E-state index < -0.39 is 19.2 Å². The molecule has 3 fully saturated rings. The third kappa shape index (κ3) is 6.07. The molecule has 2 amide bonds. The zero-order valence-corrected chi connectivity index (χ0v) is 33.9. The van der Waals surface area contributed by atoms with Crippen molar-refractivity contribution in [1.29, 1.82) is 0 Å². The van der Waals surface area contributed by atoms with E-state index in [1.807, 2.05) is 58.2 Å². The number of aliphatic hydroxyl groups excluding tert-OH is 1. The summed E-state index contributed by atoms with van der Waals surface area (Å²) in [5, 5.41) is 22.8. The summed E-state index contributed by atoms with van der Waals surface area (Å²) in [4.78, 5) is 35.9. The quantitative estimate of drug-likeness (QED) is 0.157. The number of nitrogens with one attached hydrogen (secondary N) is 1. The molecule has 0 unspecified atom stereocenters. The van der Waals surface area contributed by atoms with Crippen LogP contribution in [0.5, 0.6) is 5.75 Å². The summed E-state index contributed by atoms with van der Waals surface area (Å²) in [5.41, 5.74) is 2.21. The molecule has 56 heavy (non-hydrogen) atoms. The van der Waals surface area contributed by atoms with Crippen molar-refractivity contribution in [2.45, 2.75) is 75.0 Å². The minimum absolute atomic E-state index is 0.00438. The first-order valence-corrected chi connectivity index (χ1v) is 22.9. The van der Waals surface area contributed by atoms with Crippen LogP contribution in [0.25, 0.3) is 0 Å². The third-order valence-electron chi connectivity index (χ3n) is 13.0. The molecule has 294 valence electrons. The Morgan fingerprint density at radius 3 is 2.48 bits per heavy atom. The van der Waals surface area contributed by atoms with Crippen LogP contribution in [0.15, 0.2) is 91.6 Å². The number of piperidine rings is 1. The number of nitrogens with zero attached hydrogens (tertiary/aromatic N) is 6. The molecular weight excluding hydrogens is 723 g/mol. The van der Waals surface area contributed by atoms with Gasteiger partial charge in [0.1, 0.15) is 11.3 Å². The van der Waals surface area contributed by atoms with E-state index in [0.29, 0.717) is 45.4 Å². The molecule has 4 aliphatic heterocycles. The Labute approximate surface area is 330 Å². The lowest BCUT2D eigenvalue weighted by atomic mass is 9.82. The lowest BCUT2D eigenvalue weighted by Crippen LogP contribution is -2.55. The van der Waals surface area contributed by atoms with E-state index in [0.717, 1.165) is 47.2 Å². The Bertz CT molecular complexity index is 2090. The van der Waals surface area contributed by atoms with Gasteiger partial charge >= 0.3 is 0 Å². The lowest BCUT2D eigenvalue weighted by Gasteiger charge is -2.39. The number of benzene rings is 3. The average Bonchev–Trinajstić information content (AvgIpc) is 3.93. The number of anilines is 3. The van der Waals surface area contributed by atoms with Gasteiger partial charge in [0.05, 0.1) is 39.3 Å². The number of fused-ring (bicyclic) bond motifs is 2. The van der Waals surface area contributed by atoms with Crippen molar-refractivity contribution >= 4 is 42.1 Å². The molecule has 3 saturated heterocycles. The molecule has 3 aromatic carbocycles. The predicted octanol–water partition coefficient (Wildman–Crippen LogP) is 4.59. The highest BCUT2D eigenvalue weighted by molar-refractivity contribution is 6.91. The van der Waals surface area contributed by atoms with E-state index >= 15 is 4.79 Å². The van der Waals surface area contributed by atoms with Gasteiger partial charge in [0, 0.05) is 55.2 Å². The number of carbonyl (C=O) groups is 2. The molecule has 1 aromatic heterocycles. The van der Waals surface area contributed by atoms with Crippen molar-refractivity contribution in [3.63, 3.8) is 0 Å². The Balaban J connectivity index is 1.21. The lowest BCUT2D eigenvalue weighted by molar-refractivity contribution is -0.145. The Hall–Kier alpha value is -4.82. The van der Waals surface area contributed by atoms with E-state index in [1.165, 1.54) is 5.19 Å². The van der Waals surface area contributed by atoms with Gasteiger partial charge in [-0.15, -0.1) is 11.7 Å².